The molecule has 0 spiro atoms. The molecule has 2 aromatic heterocycles. The highest BCUT2D eigenvalue weighted by Crippen LogP contribution is 2.46. The maximum atomic E-state index is 13.6. The van der Waals surface area contributed by atoms with Gasteiger partial charge < -0.3 is 9.73 Å². The standard InChI is InChI=1S/C26H20ClN3O3/c27-17-10-8-15(9-11-17)22-23-19(13-16(14-20(23)31)21-7-4-12-33-21)28-25-24(22)26(32)30(29-25)18-5-2-1-3-6-18/h1-12,16,22,28-29H,13-14H2. The van der Waals surface area contributed by atoms with E-state index in [2.05, 4.69) is 10.4 Å². The molecule has 0 fully saturated rings. The third-order valence-corrected chi connectivity index (χ3v) is 6.70. The van der Waals surface area contributed by atoms with Crippen LogP contribution < -0.4 is 10.9 Å². The molecule has 0 saturated carbocycles. The number of aromatic amines is 1. The summed E-state index contributed by atoms with van der Waals surface area (Å²) in [7, 11) is 0. The highest BCUT2D eigenvalue weighted by atomic mass is 35.5. The van der Waals surface area contributed by atoms with Gasteiger partial charge in [0.15, 0.2) is 5.78 Å². The lowest BCUT2D eigenvalue weighted by Gasteiger charge is -2.33. The van der Waals surface area contributed by atoms with Gasteiger partial charge in [-0.15, -0.1) is 0 Å². The van der Waals surface area contributed by atoms with Crippen LogP contribution in [0.15, 0.2) is 93.5 Å². The van der Waals surface area contributed by atoms with Crippen molar-refractivity contribution in [1.29, 1.82) is 0 Å². The topological polar surface area (TPSA) is 80.0 Å². The fraction of sp³-hybridized carbons (Fsp3) is 0.154. The van der Waals surface area contributed by atoms with Gasteiger partial charge in [0.2, 0.25) is 0 Å². The molecule has 7 heteroatoms. The summed E-state index contributed by atoms with van der Waals surface area (Å²) in [5, 5.41) is 7.21. The van der Waals surface area contributed by atoms with E-state index < -0.39 is 5.92 Å². The lowest BCUT2D eigenvalue weighted by Crippen LogP contribution is -2.31. The molecular weight excluding hydrogens is 438 g/mol. The maximum absolute atomic E-state index is 13.6. The first-order valence-electron chi connectivity index (χ1n) is 10.8. The van der Waals surface area contributed by atoms with Crippen LogP contribution in [0.25, 0.3) is 5.69 Å². The minimum absolute atomic E-state index is 0.0163. The molecular formula is C26H20ClN3O3. The van der Waals surface area contributed by atoms with E-state index in [-0.39, 0.29) is 17.3 Å². The monoisotopic (exact) mass is 457 g/mol. The third-order valence-electron chi connectivity index (χ3n) is 6.45. The summed E-state index contributed by atoms with van der Waals surface area (Å²) in [5.41, 5.74) is 3.40. The van der Waals surface area contributed by atoms with Crippen molar-refractivity contribution < 1.29 is 9.21 Å². The zero-order valence-electron chi connectivity index (χ0n) is 17.5. The molecule has 3 heterocycles. The molecule has 0 bridgehead atoms. The van der Waals surface area contributed by atoms with Crippen molar-refractivity contribution in [3.8, 4) is 5.69 Å². The number of para-hydroxylation sites is 1. The molecule has 2 unspecified atom stereocenters. The molecule has 0 amide bonds. The highest BCUT2D eigenvalue weighted by Gasteiger charge is 2.41. The number of H-pyrrole nitrogens is 1. The van der Waals surface area contributed by atoms with Crippen molar-refractivity contribution >= 4 is 23.2 Å². The summed E-state index contributed by atoms with van der Waals surface area (Å²) in [6, 6.07) is 20.5. The van der Waals surface area contributed by atoms with Crippen LogP contribution in [-0.2, 0) is 4.79 Å². The number of furan rings is 1. The van der Waals surface area contributed by atoms with E-state index in [1.807, 2.05) is 54.6 Å². The van der Waals surface area contributed by atoms with Crippen LogP contribution in [0.5, 0.6) is 0 Å². The first-order valence-corrected chi connectivity index (χ1v) is 11.2. The van der Waals surface area contributed by atoms with Gasteiger partial charge in [-0.2, -0.15) is 0 Å². The SMILES string of the molecule is O=C1CC(c2ccco2)CC2=C1C(c1ccc(Cl)cc1)c1c([nH]n(-c3ccccc3)c1=O)N2. The second-order valence-corrected chi connectivity index (χ2v) is 8.86. The summed E-state index contributed by atoms with van der Waals surface area (Å²) in [5.74, 6) is 0.889. The fourth-order valence-electron chi connectivity index (χ4n) is 4.96. The number of Topliss-reactive ketones (excluding diaryl/α,β-unsaturated/α-hetero) is 1. The normalized spacial score (nSPS) is 19.7. The molecule has 2 atom stereocenters. The summed E-state index contributed by atoms with van der Waals surface area (Å²) in [4.78, 5) is 27.1. The van der Waals surface area contributed by atoms with Gasteiger partial charge in [0.25, 0.3) is 5.56 Å². The molecule has 2 aromatic carbocycles. The largest absolute Gasteiger partial charge is 0.469 e. The molecule has 0 saturated heterocycles. The molecule has 2 aliphatic rings. The molecule has 33 heavy (non-hydrogen) atoms. The zero-order chi connectivity index (χ0) is 22.5. The van der Waals surface area contributed by atoms with Crippen molar-refractivity contribution in [3.05, 3.63) is 117 Å². The first kappa shape index (κ1) is 19.9. The predicted molar refractivity (Wildman–Crippen MR) is 126 cm³/mol. The van der Waals surface area contributed by atoms with Gasteiger partial charge in [-0.05, 0) is 48.4 Å². The third kappa shape index (κ3) is 3.26. The second-order valence-electron chi connectivity index (χ2n) is 8.42. The number of hydrogen-bond donors (Lipinski definition) is 2. The van der Waals surface area contributed by atoms with Crippen LogP contribution >= 0.6 is 11.6 Å². The molecule has 1 aliphatic heterocycles. The lowest BCUT2D eigenvalue weighted by atomic mass is 9.73. The Morgan fingerprint density at radius 3 is 2.45 bits per heavy atom. The van der Waals surface area contributed by atoms with E-state index in [1.165, 1.54) is 4.68 Å². The van der Waals surface area contributed by atoms with Crippen molar-refractivity contribution in [2.45, 2.75) is 24.7 Å². The van der Waals surface area contributed by atoms with Crippen molar-refractivity contribution in [2.24, 2.45) is 0 Å². The van der Waals surface area contributed by atoms with E-state index in [4.69, 9.17) is 16.0 Å². The van der Waals surface area contributed by atoms with Gasteiger partial charge in [0.05, 0.1) is 17.5 Å². The van der Waals surface area contributed by atoms with E-state index in [0.717, 1.165) is 22.7 Å². The number of allylic oxidation sites excluding steroid dienone is 2. The quantitative estimate of drug-likeness (QED) is 0.433. The molecule has 4 aromatic rings. The van der Waals surface area contributed by atoms with Crippen LogP contribution in [0, 0.1) is 0 Å². The molecule has 6 nitrogen and oxygen atoms in total. The number of fused-ring (bicyclic) bond motifs is 1. The van der Waals surface area contributed by atoms with Gasteiger partial charge in [-0.3, -0.25) is 14.7 Å². The number of nitrogens with one attached hydrogen (secondary N) is 2. The van der Waals surface area contributed by atoms with Gasteiger partial charge in [0.1, 0.15) is 11.6 Å². The summed E-state index contributed by atoms with van der Waals surface area (Å²) in [6.07, 6.45) is 2.59. The summed E-state index contributed by atoms with van der Waals surface area (Å²) < 4.78 is 7.12. The summed E-state index contributed by atoms with van der Waals surface area (Å²) in [6.45, 7) is 0. The van der Waals surface area contributed by atoms with Gasteiger partial charge in [-0.25, -0.2) is 4.68 Å². The van der Waals surface area contributed by atoms with Crippen LogP contribution in [-0.4, -0.2) is 15.6 Å². The van der Waals surface area contributed by atoms with Crippen LogP contribution in [0.1, 0.15) is 41.6 Å². The number of aromatic nitrogens is 2. The van der Waals surface area contributed by atoms with Gasteiger partial charge in [0, 0.05) is 34.5 Å². The molecule has 1 aliphatic carbocycles. The molecule has 6 rings (SSSR count). The maximum Gasteiger partial charge on any atom is 0.277 e. The van der Waals surface area contributed by atoms with E-state index in [9.17, 15) is 9.59 Å². The Morgan fingerprint density at radius 1 is 0.939 bits per heavy atom. The number of anilines is 1. The number of carbonyl (C=O) groups is 1. The van der Waals surface area contributed by atoms with Crippen molar-refractivity contribution in [1.82, 2.24) is 9.78 Å². The Labute approximate surface area is 194 Å². The molecule has 2 N–H and O–H groups in total. The zero-order valence-corrected chi connectivity index (χ0v) is 18.3. The molecule has 164 valence electrons. The predicted octanol–water partition coefficient (Wildman–Crippen LogP) is 5.37. The Kier molecular flexibility index (Phi) is 4.62. The number of benzene rings is 2. The van der Waals surface area contributed by atoms with E-state index in [0.29, 0.717) is 34.8 Å². The average molecular weight is 458 g/mol. The van der Waals surface area contributed by atoms with Crippen LogP contribution in [0.4, 0.5) is 5.82 Å². The van der Waals surface area contributed by atoms with Crippen LogP contribution in [0.2, 0.25) is 5.02 Å². The van der Waals surface area contributed by atoms with Crippen molar-refractivity contribution in [2.75, 3.05) is 5.32 Å². The molecule has 0 radical (unpaired) electrons. The first-order chi connectivity index (χ1) is 16.1. The fourth-order valence-corrected chi connectivity index (χ4v) is 5.09. The van der Waals surface area contributed by atoms with Crippen LogP contribution in [0.3, 0.4) is 0 Å². The second kappa shape index (κ2) is 7.67. The smallest absolute Gasteiger partial charge is 0.277 e. The number of rotatable bonds is 3. The van der Waals surface area contributed by atoms with Gasteiger partial charge in [-0.1, -0.05) is 41.9 Å². The Hall–Kier alpha value is -3.77. The van der Waals surface area contributed by atoms with E-state index >= 15 is 0 Å². The number of hydrogen-bond acceptors (Lipinski definition) is 4. The van der Waals surface area contributed by atoms with Gasteiger partial charge >= 0.3 is 0 Å². The highest BCUT2D eigenvalue weighted by molar-refractivity contribution is 6.30. The van der Waals surface area contributed by atoms with Crippen molar-refractivity contribution in [3.63, 3.8) is 0 Å². The average Bonchev–Trinajstić information content (AvgIpc) is 3.48. The minimum Gasteiger partial charge on any atom is -0.469 e. The Bertz CT molecular complexity index is 1430. The number of ketones is 1. The number of nitrogens with zero attached hydrogens (tertiary/aromatic N) is 1. The summed E-state index contributed by atoms with van der Waals surface area (Å²) >= 11 is 6.13. The number of carbonyl (C=O) groups excluding carboxylic acids is 1. The Balaban J connectivity index is 1.53. The lowest BCUT2D eigenvalue weighted by molar-refractivity contribution is -0.116. The Morgan fingerprint density at radius 2 is 1.73 bits per heavy atom. The van der Waals surface area contributed by atoms with E-state index in [1.54, 1.807) is 18.4 Å². The number of halogens is 1. The minimum atomic E-state index is -0.479.